The van der Waals surface area contributed by atoms with Crippen molar-refractivity contribution in [3.05, 3.63) is 53.2 Å². The molecule has 154 valence electrons. The molecule has 1 aliphatic carbocycles. The Hall–Kier alpha value is -2.65. The first kappa shape index (κ1) is 20.6. The van der Waals surface area contributed by atoms with Gasteiger partial charge in [-0.1, -0.05) is 50.7 Å². The van der Waals surface area contributed by atoms with E-state index in [1.807, 2.05) is 12.1 Å². The van der Waals surface area contributed by atoms with Gasteiger partial charge in [-0.05, 0) is 54.4 Å². The van der Waals surface area contributed by atoms with Crippen LogP contribution in [0.15, 0.2) is 41.4 Å². The van der Waals surface area contributed by atoms with Gasteiger partial charge in [0.25, 0.3) is 0 Å². The number of pyridine rings is 1. The van der Waals surface area contributed by atoms with Crippen molar-refractivity contribution in [2.45, 2.75) is 56.7 Å². The Bertz CT molecular complexity index is 1040. The van der Waals surface area contributed by atoms with Crippen molar-refractivity contribution < 1.29 is 9.59 Å². The number of thioether (sulfide) groups is 1. The predicted molar refractivity (Wildman–Crippen MR) is 117 cm³/mol. The van der Waals surface area contributed by atoms with E-state index in [2.05, 4.69) is 26.8 Å². The number of rotatable bonds is 3. The molecule has 2 amide bonds. The SMILES string of the molecule is CC(C)(C)C1CCc2nc(SC3CC(=O)N(c4ccccc4)C3=O)c(C#N)cc2C1. The number of aromatic nitrogens is 1. The summed E-state index contributed by atoms with van der Waals surface area (Å²) in [7, 11) is 0. The number of aryl methyl sites for hydroxylation is 1. The van der Waals surface area contributed by atoms with Crippen LogP contribution in [0.3, 0.4) is 0 Å². The summed E-state index contributed by atoms with van der Waals surface area (Å²) < 4.78 is 0. The van der Waals surface area contributed by atoms with Gasteiger partial charge in [0, 0.05) is 12.1 Å². The fourth-order valence-corrected chi connectivity index (χ4v) is 5.33. The molecule has 1 aromatic carbocycles. The summed E-state index contributed by atoms with van der Waals surface area (Å²) in [6.45, 7) is 6.77. The van der Waals surface area contributed by atoms with Gasteiger partial charge < -0.3 is 0 Å². The molecule has 2 unspecified atom stereocenters. The van der Waals surface area contributed by atoms with E-state index in [0.29, 0.717) is 22.2 Å². The van der Waals surface area contributed by atoms with Gasteiger partial charge in [0.05, 0.1) is 16.5 Å². The molecule has 1 fully saturated rings. The highest BCUT2D eigenvalue weighted by Gasteiger charge is 2.41. The second-order valence-corrected chi connectivity index (χ2v) is 10.3. The summed E-state index contributed by atoms with van der Waals surface area (Å²) in [6, 6.07) is 13.2. The minimum absolute atomic E-state index is 0.119. The Morgan fingerprint density at radius 2 is 1.90 bits per heavy atom. The van der Waals surface area contributed by atoms with E-state index in [4.69, 9.17) is 4.98 Å². The number of carbonyl (C=O) groups excluding carboxylic acids is 2. The van der Waals surface area contributed by atoms with Crippen LogP contribution in [0, 0.1) is 22.7 Å². The second kappa shape index (κ2) is 7.88. The average molecular weight is 420 g/mol. The quantitative estimate of drug-likeness (QED) is 0.684. The van der Waals surface area contributed by atoms with Gasteiger partial charge in [-0.15, -0.1) is 0 Å². The van der Waals surface area contributed by atoms with Crippen LogP contribution in [0.5, 0.6) is 0 Å². The maximum absolute atomic E-state index is 12.9. The van der Waals surface area contributed by atoms with Crippen LogP contribution in [0.25, 0.3) is 0 Å². The highest BCUT2D eigenvalue weighted by molar-refractivity contribution is 8.00. The van der Waals surface area contributed by atoms with Crippen LogP contribution in [-0.2, 0) is 22.4 Å². The van der Waals surface area contributed by atoms with Crippen LogP contribution in [0.1, 0.15) is 50.4 Å². The second-order valence-electron chi connectivity index (χ2n) is 9.08. The molecular formula is C24H25N3O2S. The van der Waals surface area contributed by atoms with Gasteiger partial charge in [-0.3, -0.25) is 9.59 Å². The lowest BCUT2D eigenvalue weighted by Crippen LogP contribution is -2.31. The summed E-state index contributed by atoms with van der Waals surface area (Å²) in [4.78, 5) is 31.5. The van der Waals surface area contributed by atoms with Gasteiger partial charge in [0.2, 0.25) is 11.8 Å². The van der Waals surface area contributed by atoms with Crippen LogP contribution in [0.4, 0.5) is 5.69 Å². The smallest absolute Gasteiger partial charge is 0.247 e. The molecular weight excluding hydrogens is 394 g/mol. The topological polar surface area (TPSA) is 74.1 Å². The van der Waals surface area contributed by atoms with Crippen LogP contribution in [-0.4, -0.2) is 22.0 Å². The number of anilines is 1. The first-order valence-electron chi connectivity index (χ1n) is 10.3. The first-order valence-corrected chi connectivity index (χ1v) is 11.2. The minimum atomic E-state index is -0.554. The van der Waals surface area contributed by atoms with Crippen LogP contribution >= 0.6 is 11.8 Å². The predicted octanol–water partition coefficient (Wildman–Crippen LogP) is 4.53. The maximum Gasteiger partial charge on any atom is 0.247 e. The zero-order valence-electron chi connectivity index (χ0n) is 17.5. The number of hydrogen-bond donors (Lipinski definition) is 0. The number of nitriles is 1. The summed E-state index contributed by atoms with van der Waals surface area (Å²) in [5.41, 5.74) is 3.46. The fraction of sp³-hybridized carbons (Fsp3) is 0.417. The lowest BCUT2D eigenvalue weighted by molar-refractivity contribution is -0.121. The van der Waals surface area contributed by atoms with Crippen molar-refractivity contribution in [2.24, 2.45) is 11.3 Å². The van der Waals surface area contributed by atoms with Crippen molar-refractivity contribution in [1.29, 1.82) is 5.26 Å². The Morgan fingerprint density at radius 3 is 2.57 bits per heavy atom. The van der Waals surface area contributed by atoms with E-state index in [1.54, 1.807) is 24.3 Å². The molecule has 2 heterocycles. The maximum atomic E-state index is 12.9. The van der Waals surface area contributed by atoms with Gasteiger partial charge in [-0.2, -0.15) is 5.26 Å². The number of benzene rings is 1. The number of carbonyl (C=O) groups is 2. The van der Waals surface area contributed by atoms with Crippen LogP contribution < -0.4 is 4.90 Å². The molecule has 5 nitrogen and oxygen atoms in total. The number of para-hydroxylation sites is 1. The van der Waals surface area contributed by atoms with E-state index >= 15 is 0 Å². The molecule has 4 rings (SSSR count). The van der Waals surface area contributed by atoms with Gasteiger partial charge in [0.15, 0.2) is 0 Å². The summed E-state index contributed by atoms with van der Waals surface area (Å²) in [5, 5.41) is 9.71. The standard InChI is InChI=1S/C24H25N3O2S/c1-24(2,3)17-9-10-19-15(12-17)11-16(14-25)22(26-19)30-20-13-21(28)27(23(20)29)18-7-5-4-6-8-18/h4-8,11,17,20H,9-10,12-13H2,1-3H3. The molecule has 2 aromatic rings. The lowest BCUT2D eigenvalue weighted by Gasteiger charge is -2.34. The van der Waals surface area contributed by atoms with E-state index in [1.165, 1.54) is 16.7 Å². The van der Waals surface area contributed by atoms with Crippen molar-refractivity contribution in [3.63, 3.8) is 0 Å². The van der Waals surface area contributed by atoms with E-state index in [0.717, 1.165) is 30.5 Å². The molecule has 6 heteroatoms. The number of imide groups is 1. The molecule has 0 N–H and O–H groups in total. The molecule has 30 heavy (non-hydrogen) atoms. The number of nitrogens with zero attached hydrogens (tertiary/aromatic N) is 3. The third kappa shape index (κ3) is 3.87. The number of fused-ring (bicyclic) bond motifs is 1. The largest absolute Gasteiger partial charge is 0.274 e. The highest BCUT2D eigenvalue weighted by Crippen LogP contribution is 2.39. The molecule has 2 aliphatic rings. The lowest BCUT2D eigenvalue weighted by atomic mass is 9.71. The molecule has 1 saturated heterocycles. The van der Waals surface area contributed by atoms with Crippen molar-refractivity contribution in [1.82, 2.24) is 4.98 Å². The molecule has 0 radical (unpaired) electrons. The average Bonchev–Trinajstić information content (AvgIpc) is 3.00. The van der Waals surface area contributed by atoms with Crippen LogP contribution in [0.2, 0.25) is 0 Å². The Balaban J connectivity index is 1.58. The van der Waals surface area contributed by atoms with E-state index in [9.17, 15) is 14.9 Å². The molecule has 0 saturated carbocycles. The summed E-state index contributed by atoms with van der Waals surface area (Å²) >= 11 is 1.25. The Kier molecular flexibility index (Phi) is 5.42. The minimum Gasteiger partial charge on any atom is -0.274 e. The number of amides is 2. The normalized spacial score (nSPS) is 21.5. The summed E-state index contributed by atoms with van der Waals surface area (Å²) in [5.74, 6) is 0.103. The van der Waals surface area contributed by atoms with Gasteiger partial charge in [-0.25, -0.2) is 9.88 Å². The molecule has 2 atom stereocenters. The zero-order valence-corrected chi connectivity index (χ0v) is 18.3. The van der Waals surface area contributed by atoms with Gasteiger partial charge in [0.1, 0.15) is 11.1 Å². The first-order chi connectivity index (χ1) is 14.3. The fourth-order valence-electron chi connectivity index (χ4n) is 4.23. The van der Waals surface area contributed by atoms with Crippen molar-refractivity contribution in [2.75, 3.05) is 4.90 Å². The highest BCUT2D eigenvalue weighted by atomic mass is 32.2. The van der Waals surface area contributed by atoms with Crippen molar-refractivity contribution >= 4 is 29.3 Å². The molecule has 0 bridgehead atoms. The zero-order chi connectivity index (χ0) is 21.5. The molecule has 1 aliphatic heterocycles. The van der Waals surface area contributed by atoms with Crippen molar-refractivity contribution in [3.8, 4) is 6.07 Å². The monoisotopic (exact) mass is 419 g/mol. The van der Waals surface area contributed by atoms with E-state index < -0.39 is 5.25 Å². The Labute approximate surface area is 181 Å². The number of hydrogen-bond acceptors (Lipinski definition) is 5. The Morgan fingerprint density at radius 1 is 1.17 bits per heavy atom. The van der Waals surface area contributed by atoms with E-state index in [-0.39, 0.29) is 23.7 Å². The summed E-state index contributed by atoms with van der Waals surface area (Å²) in [6.07, 6.45) is 2.99. The molecule has 0 spiro atoms. The molecule has 1 aromatic heterocycles. The third-order valence-electron chi connectivity index (χ3n) is 6.07. The van der Waals surface area contributed by atoms with Gasteiger partial charge >= 0.3 is 0 Å². The third-order valence-corrected chi connectivity index (χ3v) is 7.26.